The summed E-state index contributed by atoms with van der Waals surface area (Å²) in [5, 5.41) is 3.41. The normalized spacial score (nSPS) is 18.3. The van der Waals surface area contributed by atoms with Crippen molar-refractivity contribution in [2.24, 2.45) is 0 Å². The predicted molar refractivity (Wildman–Crippen MR) is 99.0 cm³/mol. The van der Waals surface area contributed by atoms with E-state index in [2.05, 4.69) is 22.3 Å². The van der Waals surface area contributed by atoms with E-state index in [1.807, 2.05) is 6.07 Å². The lowest BCUT2D eigenvalue weighted by Crippen LogP contribution is -2.48. The van der Waals surface area contributed by atoms with Crippen molar-refractivity contribution in [1.29, 1.82) is 0 Å². The minimum atomic E-state index is -4.18. The van der Waals surface area contributed by atoms with E-state index in [4.69, 9.17) is 0 Å². The maximum absolute atomic E-state index is 13.9. The molecule has 4 rings (SSSR count). The van der Waals surface area contributed by atoms with Crippen LogP contribution in [-0.2, 0) is 23.0 Å². The van der Waals surface area contributed by atoms with E-state index in [0.717, 1.165) is 37.7 Å². The summed E-state index contributed by atoms with van der Waals surface area (Å²) in [6, 6.07) is 9.34. The SMILES string of the molecule is O=S(=O)(c1c(F)cccc1F)N1CCN(Cc2cccc3c2NCC3)CC1. The lowest BCUT2D eigenvalue weighted by atomic mass is 10.1. The molecule has 0 atom stereocenters. The molecule has 0 aliphatic carbocycles. The Hall–Kier alpha value is -2.03. The average molecular weight is 393 g/mol. The van der Waals surface area contributed by atoms with Gasteiger partial charge in [0.2, 0.25) is 10.0 Å². The van der Waals surface area contributed by atoms with E-state index in [1.165, 1.54) is 21.1 Å². The molecule has 0 aromatic heterocycles. The number of para-hydroxylation sites is 1. The molecule has 1 saturated heterocycles. The minimum Gasteiger partial charge on any atom is -0.384 e. The molecule has 8 heteroatoms. The second-order valence-corrected chi connectivity index (χ2v) is 8.73. The van der Waals surface area contributed by atoms with Crippen LogP contribution in [0, 0.1) is 11.6 Å². The van der Waals surface area contributed by atoms with Crippen LogP contribution >= 0.6 is 0 Å². The fraction of sp³-hybridized carbons (Fsp3) is 0.368. The highest BCUT2D eigenvalue weighted by Gasteiger charge is 2.33. The van der Waals surface area contributed by atoms with Crippen molar-refractivity contribution in [3.05, 3.63) is 59.2 Å². The first-order chi connectivity index (χ1) is 13.0. The second-order valence-electron chi connectivity index (χ2n) is 6.86. The number of hydrogen-bond donors (Lipinski definition) is 1. The molecule has 144 valence electrons. The number of fused-ring (bicyclic) bond motifs is 1. The number of sulfonamides is 1. The first-order valence-corrected chi connectivity index (χ1v) is 10.4. The maximum Gasteiger partial charge on any atom is 0.249 e. The van der Waals surface area contributed by atoms with Crippen LogP contribution in [0.15, 0.2) is 41.3 Å². The third kappa shape index (κ3) is 3.44. The Labute approximate surface area is 157 Å². The van der Waals surface area contributed by atoms with Gasteiger partial charge in [0.15, 0.2) is 4.90 Å². The van der Waals surface area contributed by atoms with Gasteiger partial charge in [-0.05, 0) is 29.7 Å². The Balaban J connectivity index is 1.46. The monoisotopic (exact) mass is 393 g/mol. The molecule has 5 nitrogen and oxygen atoms in total. The van der Waals surface area contributed by atoms with Crippen LogP contribution in [0.25, 0.3) is 0 Å². The fourth-order valence-corrected chi connectivity index (χ4v) is 5.30. The van der Waals surface area contributed by atoms with Crippen LogP contribution in [0.4, 0.5) is 14.5 Å². The molecule has 1 N–H and O–H groups in total. The highest BCUT2D eigenvalue weighted by Crippen LogP contribution is 2.28. The van der Waals surface area contributed by atoms with E-state index in [9.17, 15) is 17.2 Å². The van der Waals surface area contributed by atoms with Gasteiger partial charge in [-0.1, -0.05) is 24.3 Å². The quantitative estimate of drug-likeness (QED) is 0.867. The number of halogens is 2. The van der Waals surface area contributed by atoms with Crippen LogP contribution in [0.3, 0.4) is 0 Å². The zero-order chi connectivity index (χ0) is 19.0. The van der Waals surface area contributed by atoms with Crippen molar-refractivity contribution in [2.45, 2.75) is 17.9 Å². The Morgan fingerprint density at radius 3 is 2.33 bits per heavy atom. The summed E-state index contributed by atoms with van der Waals surface area (Å²) in [6.45, 7) is 3.10. The van der Waals surface area contributed by atoms with Crippen LogP contribution in [0.1, 0.15) is 11.1 Å². The van der Waals surface area contributed by atoms with Gasteiger partial charge in [0.05, 0.1) is 0 Å². The standard InChI is InChI=1S/C19H21F2N3O2S/c20-16-5-2-6-17(21)19(16)27(25,26)24-11-9-23(10-12-24)13-15-4-1-3-14-7-8-22-18(14)15/h1-6,22H,7-13H2. The summed E-state index contributed by atoms with van der Waals surface area (Å²) < 4.78 is 54.4. The molecule has 27 heavy (non-hydrogen) atoms. The Morgan fingerprint density at radius 1 is 0.963 bits per heavy atom. The largest absolute Gasteiger partial charge is 0.384 e. The number of nitrogens with zero attached hydrogens (tertiary/aromatic N) is 2. The first-order valence-electron chi connectivity index (χ1n) is 8.98. The van der Waals surface area contributed by atoms with Gasteiger partial charge in [0, 0.05) is 45.0 Å². The molecule has 0 bridgehead atoms. The van der Waals surface area contributed by atoms with Gasteiger partial charge in [-0.3, -0.25) is 4.90 Å². The minimum absolute atomic E-state index is 0.207. The Bertz CT molecular complexity index is 937. The molecule has 2 heterocycles. The number of nitrogens with one attached hydrogen (secondary N) is 1. The van der Waals surface area contributed by atoms with Crippen molar-refractivity contribution in [3.63, 3.8) is 0 Å². The molecule has 2 aromatic rings. The molecule has 0 radical (unpaired) electrons. The first kappa shape index (κ1) is 18.3. The van der Waals surface area contributed by atoms with E-state index in [0.29, 0.717) is 13.1 Å². The van der Waals surface area contributed by atoms with Gasteiger partial charge in [-0.15, -0.1) is 0 Å². The number of rotatable bonds is 4. The topological polar surface area (TPSA) is 52.7 Å². The summed E-state index contributed by atoms with van der Waals surface area (Å²) in [4.78, 5) is 1.31. The summed E-state index contributed by atoms with van der Waals surface area (Å²) >= 11 is 0. The molecule has 0 unspecified atom stereocenters. The number of hydrogen-bond acceptors (Lipinski definition) is 4. The zero-order valence-electron chi connectivity index (χ0n) is 14.8. The third-order valence-corrected chi connectivity index (χ3v) is 7.13. The Kier molecular flexibility index (Phi) is 4.88. The molecule has 0 amide bonds. The van der Waals surface area contributed by atoms with E-state index >= 15 is 0 Å². The third-order valence-electron chi connectivity index (χ3n) is 5.18. The van der Waals surface area contributed by atoms with Gasteiger partial charge in [-0.2, -0.15) is 4.31 Å². The second kappa shape index (κ2) is 7.18. The summed E-state index contributed by atoms with van der Waals surface area (Å²) in [6.07, 6.45) is 1.02. The van der Waals surface area contributed by atoms with Gasteiger partial charge >= 0.3 is 0 Å². The average Bonchev–Trinajstić information content (AvgIpc) is 3.12. The van der Waals surface area contributed by atoms with Gasteiger partial charge < -0.3 is 5.32 Å². The lowest BCUT2D eigenvalue weighted by Gasteiger charge is -2.34. The summed E-state index contributed by atoms with van der Waals surface area (Å²) in [7, 11) is -4.18. The molecule has 2 aliphatic heterocycles. The molecular weight excluding hydrogens is 372 g/mol. The molecule has 2 aromatic carbocycles. The van der Waals surface area contributed by atoms with E-state index in [1.54, 1.807) is 0 Å². The van der Waals surface area contributed by atoms with Crippen molar-refractivity contribution in [1.82, 2.24) is 9.21 Å². The smallest absolute Gasteiger partial charge is 0.249 e. The maximum atomic E-state index is 13.9. The van der Waals surface area contributed by atoms with E-state index < -0.39 is 26.6 Å². The van der Waals surface area contributed by atoms with Gasteiger partial charge in [0.1, 0.15) is 11.6 Å². The number of benzene rings is 2. The Morgan fingerprint density at radius 2 is 1.63 bits per heavy atom. The highest BCUT2D eigenvalue weighted by molar-refractivity contribution is 7.89. The molecular formula is C19H21F2N3O2S. The van der Waals surface area contributed by atoms with E-state index in [-0.39, 0.29) is 13.1 Å². The van der Waals surface area contributed by atoms with Crippen LogP contribution in [-0.4, -0.2) is 50.3 Å². The van der Waals surface area contributed by atoms with Gasteiger partial charge in [-0.25, -0.2) is 17.2 Å². The number of piperazine rings is 1. The summed E-state index contributed by atoms with van der Waals surface area (Å²) in [5.41, 5.74) is 3.69. The zero-order valence-corrected chi connectivity index (χ0v) is 15.6. The van der Waals surface area contributed by atoms with Crippen molar-refractivity contribution >= 4 is 15.7 Å². The lowest BCUT2D eigenvalue weighted by molar-refractivity contribution is 0.181. The van der Waals surface area contributed by atoms with Gasteiger partial charge in [0.25, 0.3) is 0 Å². The molecule has 1 fully saturated rings. The predicted octanol–water partition coefficient (Wildman–Crippen LogP) is 2.44. The highest BCUT2D eigenvalue weighted by atomic mass is 32.2. The van der Waals surface area contributed by atoms with Crippen molar-refractivity contribution in [3.8, 4) is 0 Å². The van der Waals surface area contributed by atoms with Crippen molar-refractivity contribution < 1.29 is 17.2 Å². The van der Waals surface area contributed by atoms with Crippen molar-refractivity contribution in [2.75, 3.05) is 38.0 Å². The molecule has 0 saturated carbocycles. The van der Waals surface area contributed by atoms with Crippen LogP contribution < -0.4 is 5.32 Å². The summed E-state index contributed by atoms with van der Waals surface area (Å²) in [5.74, 6) is -2.10. The van der Waals surface area contributed by atoms with Crippen LogP contribution in [0.2, 0.25) is 0 Å². The van der Waals surface area contributed by atoms with Crippen LogP contribution in [0.5, 0.6) is 0 Å². The fourth-order valence-electron chi connectivity index (χ4n) is 3.77. The molecule has 2 aliphatic rings. The molecule has 0 spiro atoms. The number of anilines is 1.